The lowest BCUT2D eigenvalue weighted by atomic mass is 10.1. The lowest BCUT2D eigenvalue weighted by molar-refractivity contribution is 0.102. The van der Waals surface area contributed by atoms with Crippen LogP contribution in [0.15, 0.2) is 65.6 Å². The zero-order chi connectivity index (χ0) is 24.9. The smallest absolute Gasteiger partial charge is 0.255 e. The van der Waals surface area contributed by atoms with Crippen LogP contribution < -0.4 is 19.5 Å². The molecule has 3 aromatic carbocycles. The second-order valence-corrected chi connectivity index (χ2v) is 9.69. The molecule has 0 spiro atoms. The number of hydrogen-bond donors (Lipinski definition) is 1. The van der Waals surface area contributed by atoms with E-state index in [2.05, 4.69) is 5.32 Å². The Hall–Kier alpha value is -3.27. The quantitative estimate of drug-likeness (QED) is 0.463. The highest BCUT2D eigenvalue weighted by molar-refractivity contribution is 7.89. The maximum absolute atomic E-state index is 13.0. The van der Waals surface area contributed by atoms with Crippen molar-refractivity contribution in [1.82, 2.24) is 4.31 Å². The van der Waals surface area contributed by atoms with Crippen LogP contribution in [-0.2, 0) is 16.6 Å². The Morgan fingerprint density at radius 3 is 2.18 bits per heavy atom. The van der Waals surface area contributed by atoms with Gasteiger partial charge in [-0.3, -0.25) is 4.79 Å². The molecule has 1 amide bonds. The number of nitrogens with zero attached hydrogens (tertiary/aromatic N) is 1. The molecule has 0 saturated carbocycles. The molecule has 3 rings (SSSR count). The van der Waals surface area contributed by atoms with Crippen LogP contribution in [-0.4, -0.2) is 47.0 Å². The van der Waals surface area contributed by atoms with Gasteiger partial charge in [-0.25, -0.2) is 8.42 Å². The third-order valence-electron chi connectivity index (χ3n) is 5.11. The summed E-state index contributed by atoms with van der Waals surface area (Å²) in [6.45, 7) is -0.000387. The first-order valence-electron chi connectivity index (χ1n) is 10.1. The summed E-state index contributed by atoms with van der Waals surface area (Å²) in [7, 11) is 2.15. The molecule has 180 valence electrons. The lowest BCUT2D eigenvalue weighted by Gasteiger charge is -2.19. The van der Waals surface area contributed by atoms with Crippen LogP contribution in [0.25, 0.3) is 0 Å². The Balaban J connectivity index is 1.89. The van der Waals surface area contributed by atoms with E-state index < -0.39 is 15.9 Å². The number of methoxy groups -OCH3 is 3. The zero-order valence-corrected chi connectivity index (χ0v) is 20.7. The first-order valence-corrected chi connectivity index (χ1v) is 11.9. The number of amides is 1. The molecule has 0 aliphatic rings. The third-order valence-corrected chi connectivity index (χ3v) is 7.22. The van der Waals surface area contributed by atoms with Crippen LogP contribution in [0.5, 0.6) is 17.2 Å². The first-order chi connectivity index (χ1) is 16.2. The summed E-state index contributed by atoms with van der Waals surface area (Å²) >= 11 is 6.13. The number of halogens is 1. The molecular weight excluding hydrogens is 480 g/mol. The van der Waals surface area contributed by atoms with Gasteiger partial charge in [-0.05, 0) is 30.3 Å². The molecular formula is C24H25ClN2O6S. The number of rotatable bonds is 9. The summed E-state index contributed by atoms with van der Waals surface area (Å²) in [6, 6.07) is 16.0. The highest BCUT2D eigenvalue weighted by atomic mass is 35.5. The predicted molar refractivity (Wildman–Crippen MR) is 131 cm³/mol. The van der Waals surface area contributed by atoms with Gasteiger partial charge < -0.3 is 19.5 Å². The van der Waals surface area contributed by atoms with E-state index in [4.69, 9.17) is 25.8 Å². The number of carbonyl (C=O) groups excluding carboxylic acids is 1. The maximum Gasteiger partial charge on any atom is 0.255 e. The number of benzene rings is 3. The van der Waals surface area contributed by atoms with Gasteiger partial charge in [0.1, 0.15) is 17.2 Å². The van der Waals surface area contributed by atoms with Gasteiger partial charge in [0.25, 0.3) is 5.91 Å². The van der Waals surface area contributed by atoms with Crippen molar-refractivity contribution in [1.29, 1.82) is 0 Å². The number of anilines is 1. The van der Waals surface area contributed by atoms with Crippen molar-refractivity contribution in [2.24, 2.45) is 0 Å². The van der Waals surface area contributed by atoms with Crippen molar-refractivity contribution in [3.8, 4) is 17.2 Å². The van der Waals surface area contributed by atoms with E-state index >= 15 is 0 Å². The molecule has 0 unspecified atom stereocenters. The van der Waals surface area contributed by atoms with Gasteiger partial charge in [0.15, 0.2) is 0 Å². The van der Waals surface area contributed by atoms with Crippen LogP contribution in [0.4, 0.5) is 5.69 Å². The second kappa shape index (κ2) is 10.8. The van der Waals surface area contributed by atoms with Crippen LogP contribution in [0.1, 0.15) is 15.9 Å². The molecule has 1 N–H and O–H groups in total. The van der Waals surface area contributed by atoms with Crippen molar-refractivity contribution in [3.63, 3.8) is 0 Å². The molecule has 0 heterocycles. The fourth-order valence-corrected chi connectivity index (χ4v) is 4.69. The Kier molecular flexibility index (Phi) is 8.03. The fourth-order valence-electron chi connectivity index (χ4n) is 3.29. The normalized spacial score (nSPS) is 11.2. The number of hydrogen-bond acceptors (Lipinski definition) is 6. The van der Waals surface area contributed by atoms with Crippen molar-refractivity contribution in [3.05, 3.63) is 76.8 Å². The van der Waals surface area contributed by atoms with E-state index in [-0.39, 0.29) is 11.4 Å². The van der Waals surface area contributed by atoms with E-state index in [1.165, 1.54) is 44.8 Å². The van der Waals surface area contributed by atoms with Gasteiger partial charge >= 0.3 is 0 Å². The van der Waals surface area contributed by atoms with Crippen LogP contribution >= 0.6 is 11.6 Å². The first kappa shape index (κ1) is 25.4. The highest BCUT2D eigenvalue weighted by Gasteiger charge is 2.23. The monoisotopic (exact) mass is 504 g/mol. The molecule has 0 atom stereocenters. The van der Waals surface area contributed by atoms with Crippen molar-refractivity contribution in [2.45, 2.75) is 11.4 Å². The van der Waals surface area contributed by atoms with E-state index in [1.54, 1.807) is 48.5 Å². The number of nitrogens with one attached hydrogen (secondary N) is 1. The Labute approximate surface area is 204 Å². The number of ether oxygens (including phenoxy) is 3. The molecule has 0 radical (unpaired) electrons. The molecule has 0 aromatic heterocycles. The van der Waals surface area contributed by atoms with Gasteiger partial charge in [-0.15, -0.1) is 0 Å². The SMILES string of the molecule is COc1cc(NC(=O)c2ccc(OC)c(CN(C)S(=O)(=O)c3ccccc3)c2)c(OC)cc1Cl. The summed E-state index contributed by atoms with van der Waals surface area (Å²) in [6.07, 6.45) is 0. The van der Waals surface area contributed by atoms with Crippen molar-refractivity contribution < 1.29 is 27.4 Å². The summed E-state index contributed by atoms with van der Waals surface area (Å²) in [5, 5.41) is 3.12. The van der Waals surface area contributed by atoms with Crippen LogP contribution in [0, 0.1) is 0 Å². The molecule has 34 heavy (non-hydrogen) atoms. The Morgan fingerprint density at radius 1 is 0.912 bits per heavy atom. The van der Waals surface area contributed by atoms with E-state index in [1.807, 2.05) is 0 Å². The maximum atomic E-state index is 13.0. The average molecular weight is 505 g/mol. The minimum absolute atomic E-state index is 0.000387. The molecule has 0 bridgehead atoms. The Bertz CT molecular complexity index is 1280. The Morgan fingerprint density at radius 2 is 1.56 bits per heavy atom. The van der Waals surface area contributed by atoms with Gasteiger partial charge in [0.05, 0.1) is 36.9 Å². The molecule has 0 saturated heterocycles. The lowest BCUT2D eigenvalue weighted by Crippen LogP contribution is -2.27. The van der Waals surface area contributed by atoms with Crippen molar-refractivity contribution in [2.75, 3.05) is 33.7 Å². The largest absolute Gasteiger partial charge is 0.496 e. The van der Waals surface area contributed by atoms with Crippen molar-refractivity contribution >= 4 is 33.2 Å². The van der Waals surface area contributed by atoms with Crippen LogP contribution in [0.2, 0.25) is 5.02 Å². The molecule has 10 heteroatoms. The van der Waals surface area contributed by atoms with E-state index in [0.29, 0.717) is 39.1 Å². The minimum Gasteiger partial charge on any atom is -0.496 e. The zero-order valence-electron chi connectivity index (χ0n) is 19.2. The summed E-state index contributed by atoms with van der Waals surface area (Å²) < 4.78 is 43.0. The molecule has 0 aliphatic carbocycles. The van der Waals surface area contributed by atoms with Gasteiger partial charge in [0, 0.05) is 36.9 Å². The number of sulfonamides is 1. The predicted octanol–water partition coefficient (Wildman–Crippen LogP) is 4.44. The minimum atomic E-state index is -3.73. The summed E-state index contributed by atoms with van der Waals surface area (Å²) in [5.41, 5.74) is 1.20. The fraction of sp³-hybridized carbons (Fsp3) is 0.208. The molecule has 3 aromatic rings. The average Bonchev–Trinajstić information content (AvgIpc) is 2.85. The van der Waals surface area contributed by atoms with Gasteiger partial charge in [-0.1, -0.05) is 29.8 Å². The van der Waals surface area contributed by atoms with Gasteiger partial charge in [-0.2, -0.15) is 4.31 Å². The van der Waals surface area contributed by atoms with Crippen LogP contribution in [0.3, 0.4) is 0 Å². The highest BCUT2D eigenvalue weighted by Crippen LogP contribution is 2.36. The third kappa shape index (κ3) is 5.44. The van der Waals surface area contributed by atoms with E-state index in [0.717, 1.165) is 0 Å². The summed E-state index contributed by atoms with van der Waals surface area (Å²) in [5.74, 6) is 0.764. The second-order valence-electron chi connectivity index (χ2n) is 7.24. The summed E-state index contributed by atoms with van der Waals surface area (Å²) in [4.78, 5) is 13.2. The van der Waals surface area contributed by atoms with Gasteiger partial charge in [0.2, 0.25) is 10.0 Å². The van der Waals surface area contributed by atoms with E-state index in [9.17, 15) is 13.2 Å². The molecule has 0 fully saturated rings. The number of carbonyl (C=O) groups is 1. The standard InChI is InChI=1S/C24H25ClN2O6S/c1-27(34(29,30)18-8-6-5-7-9-18)15-17-12-16(10-11-21(17)31-2)24(28)26-20-14-22(32-3)19(25)13-23(20)33-4/h5-14H,15H2,1-4H3,(H,26,28). The molecule has 0 aliphatic heterocycles. The molecule has 8 nitrogen and oxygen atoms in total. The topological polar surface area (TPSA) is 94.2 Å².